The SMILES string of the molecule is CCCCCCCCCCCCCC(=O)NCN(C)CCC. The fourth-order valence-electron chi connectivity index (χ4n) is 2.72. The third-order valence-corrected chi connectivity index (χ3v) is 4.16. The first-order valence-electron chi connectivity index (χ1n) is 9.66. The standard InChI is InChI=1S/C19H40N2O/c1-4-6-7-8-9-10-11-12-13-14-15-16-19(22)20-18-21(3)17-5-2/h4-18H2,1-3H3,(H,20,22). The normalized spacial score (nSPS) is 11.1. The molecule has 0 bridgehead atoms. The van der Waals surface area contributed by atoms with Crippen LogP contribution in [0.2, 0.25) is 0 Å². The summed E-state index contributed by atoms with van der Waals surface area (Å²) in [5.74, 6) is 0.207. The molecular weight excluding hydrogens is 272 g/mol. The largest absolute Gasteiger partial charge is 0.343 e. The molecule has 0 aromatic rings. The zero-order chi connectivity index (χ0) is 16.5. The van der Waals surface area contributed by atoms with Crippen molar-refractivity contribution in [2.75, 3.05) is 20.3 Å². The molecule has 0 aliphatic heterocycles. The number of nitrogens with one attached hydrogen (secondary N) is 1. The second-order valence-electron chi connectivity index (χ2n) is 6.62. The predicted octanol–water partition coefficient (Wildman–Crippen LogP) is 5.10. The minimum Gasteiger partial charge on any atom is -0.343 e. The van der Waals surface area contributed by atoms with Gasteiger partial charge in [0.1, 0.15) is 0 Å². The summed E-state index contributed by atoms with van der Waals surface area (Å²) in [6.45, 7) is 6.15. The van der Waals surface area contributed by atoms with Crippen molar-refractivity contribution in [1.29, 1.82) is 0 Å². The van der Waals surface area contributed by atoms with E-state index in [9.17, 15) is 4.79 Å². The summed E-state index contributed by atoms with van der Waals surface area (Å²) < 4.78 is 0. The number of nitrogens with zero attached hydrogens (tertiary/aromatic N) is 1. The molecule has 0 radical (unpaired) electrons. The van der Waals surface area contributed by atoms with E-state index in [1.54, 1.807) is 0 Å². The van der Waals surface area contributed by atoms with Gasteiger partial charge in [-0.05, 0) is 26.4 Å². The van der Waals surface area contributed by atoms with Crippen LogP contribution in [-0.4, -0.2) is 31.1 Å². The minimum atomic E-state index is 0.207. The van der Waals surface area contributed by atoms with Crippen LogP contribution in [-0.2, 0) is 4.79 Å². The van der Waals surface area contributed by atoms with Crippen LogP contribution < -0.4 is 5.32 Å². The van der Waals surface area contributed by atoms with Crippen molar-refractivity contribution in [3.05, 3.63) is 0 Å². The van der Waals surface area contributed by atoms with Gasteiger partial charge in [-0.1, -0.05) is 78.1 Å². The molecule has 1 amide bonds. The molecule has 0 heterocycles. The van der Waals surface area contributed by atoms with Crippen LogP contribution in [0.4, 0.5) is 0 Å². The van der Waals surface area contributed by atoms with Gasteiger partial charge in [-0.3, -0.25) is 9.69 Å². The minimum absolute atomic E-state index is 0.207. The summed E-state index contributed by atoms with van der Waals surface area (Å²) >= 11 is 0. The second kappa shape index (κ2) is 16.8. The molecular formula is C19H40N2O. The van der Waals surface area contributed by atoms with Gasteiger partial charge in [-0.15, -0.1) is 0 Å². The number of amides is 1. The lowest BCUT2D eigenvalue weighted by molar-refractivity contribution is -0.121. The number of rotatable bonds is 16. The van der Waals surface area contributed by atoms with Crippen LogP contribution in [0.25, 0.3) is 0 Å². The van der Waals surface area contributed by atoms with E-state index in [1.807, 2.05) is 7.05 Å². The van der Waals surface area contributed by atoms with Gasteiger partial charge in [0.2, 0.25) is 5.91 Å². The van der Waals surface area contributed by atoms with Gasteiger partial charge in [0, 0.05) is 6.42 Å². The summed E-state index contributed by atoms with van der Waals surface area (Å²) in [6.07, 6.45) is 16.4. The van der Waals surface area contributed by atoms with Gasteiger partial charge < -0.3 is 5.32 Å². The number of hydrogen-bond acceptors (Lipinski definition) is 2. The van der Waals surface area contributed by atoms with E-state index in [2.05, 4.69) is 24.1 Å². The Labute approximate surface area is 139 Å². The van der Waals surface area contributed by atoms with Gasteiger partial charge >= 0.3 is 0 Å². The highest BCUT2D eigenvalue weighted by Crippen LogP contribution is 2.11. The monoisotopic (exact) mass is 312 g/mol. The molecule has 0 aromatic heterocycles. The van der Waals surface area contributed by atoms with E-state index >= 15 is 0 Å². The Morgan fingerprint density at radius 1 is 0.773 bits per heavy atom. The van der Waals surface area contributed by atoms with Crippen molar-refractivity contribution in [3.8, 4) is 0 Å². The molecule has 0 spiro atoms. The Morgan fingerprint density at radius 2 is 1.27 bits per heavy atom. The molecule has 3 nitrogen and oxygen atoms in total. The lowest BCUT2D eigenvalue weighted by atomic mass is 10.1. The molecule has 0 saturated carbocycles. The molecule has 0 saturated heterocycles. The average Bonchev–Trinajstić information content (AvgIpc) is 2.51. The van der Waals surface area contributed by atoms with E-state index in [1.165, 1.54) is 64.2 Å². The van der Waals surface area contributed by atoms with E-state index in [-0.39, 0.29) is 5.91 Å². The highest BCUT2D eigenvalue weighted by molar-refractivity contribution is 5.75. The molecule has 0 aliphatic carbocycles. The number of hydrogen-bond donors (Lipinski definition) is 1. The molecule has 0 fully saturated rings. The van der Waals surface area contributed by atoms with Crippen molar-refractivity contribution >= 4 is 5.91 Å². The van der Waals surface area contributed by atoms with Gasteiger partial charge in [0.15, 0.2) is 0 Å². The third kappa shape index (κ3) is 15.8. The molecule has 22 heavy (non-hydrogen) atoms. The zero-order valence-electron chi connectivity index (χ0n) is 15.5. The maximum atomic E-state index is 11.7. The summed E-state index contributed by atoms with van der Waals surface area (Å²) in [7, 11) is 2.05. The molecule has 0 unspecified atom stereocenters. The first-order valence-corrected chi connectivity index (χ1v) is 9.66. The highest BCUT2D eigenvalue weighted by atomic mass is 16.1. The molecule has 132 valence electrons. The van der Waals surface area contributed by atoms with Gasteiger partial charge in [-0.25, -0.2) is 0 Å². The van der Waals surface area contributed by atoms with Crippen molar-refractivity contribution in [2.24, 2.45) is 0 Å². The van der Waals surface area contributed by atoms with Crippen LogP contribution in [0.5, 0.6) is 0 Å². The van der Waals surface area contributed by atoms with Crippen LogP contribution >= 0.6 is 0 Å². The van der Waals surface area contributed by atoms with Crippen LogP contribution in [0.3, 0.4) is 0 Å². The molecule has 0 atom stereocenters. The average molecular weight is 313 g/mol. The molecule has 3 heteroatoms. The maximum Gasteiger partial charge on any atom is 0.220 e. The van der Waals surface area contributed by atoms with Crippen molar-refractivity contribution in [3.63, 3.8) is 0 Å². The fourth-order valence-corrected chi connectivity index (χ4v) is 2.72. The molecule has 1 N–H and O–H groups in total. The Balaban J connectivity index is 3.20. The molecule has 0 aromatic carbocycles. The smallest absolute Gasteiger partial charge is 0.220 e. The Kier molecular flexibility index (Phi) is 16.4. The predicted molar refractivity (Wildman–Crippen MR) is 97.0 cm³/mol. The first-order chi connectivity index (χ1) is 10.7. The van der Waals surface area contributed by atoms with E-state index < -0.39 is 0 Å². The van der Waals surface area contributed by atoms with Crippen molar-refractivity contribution < 1.29 is 4.79 Å². The van der Waals surface area contributed by atoms with Crippen molar-refractivity contribution in [2.45, 2.75) is 97.3 Å². The van der Waals surface area contributed by atoms with Gasteiger partial charge in [0.25, 0.3) is 0 Å². The fraction of sp³-hybridized carbons (Fsp3) is 0.947. The number of carbonyl (C=O) groups excluding carboxylic acids is 1. The van der Waals surface area contributed by atoms with E-state index in [0.717, 1.165) is 19.4 Å². The summed E-state index contributed by atoms with van der Waals surface area (Å²) in [5, 5.41) is 2.99. The van der Waals surface area contributed by atoms with Crippen LogP contribution in [0, 0.1) is 0 Å². The van der Waals surface area contributed by atoms with Crippen molar-refractivity contribution in [1.82, 2.24) is 10.2 Å². The van der Waals surface area contributed by atoms with Gasteiger partial charge in [-0.2, -0.15) is 0 Å². The first kappa shape index (κ1) is 21.4. The highest BCUT2D eigenvalue weighted by Gasteiger charge is 2.02. The Bertz CT molecular complexity index is 244. The topological polar surface area (TPSA) is 32.3 Å². The van der Waals surface area contributed by atoms with Gasteiger partial charge in [0.05, 0.1) is 6.67 Å². The maximum absolute atomic E-state index is 11.7. The summed E-state index contributed by atoms with van der Waals surface area (Å²) in [5.41, 5.74) is 0. The number of unbranched alkanes of at least 4 members (excludes halogenated alkanes) is 10. The molecule has 0 aliphatic rings. The van der Waals surface area contributed by atoms with Crippen LogP contribution in [0.15, 0.2) is 0 Å². The van der Waals surface area contributed by atoms with E-state index in [0.29, 0.717) is 13.1 Å². The van der Waals surface area contributed by atoms with Crippen LogP contribution in [0.1, 0.15) is 97.3 Å². The Hall–Kier alpha value is -0.570. The lowest BCUT2D eigenvalue weighted by Crippen LogP contribution is -2.35. The summed E-state index contributed by atoms with van der Waals surface area (Å²) in [4.78, 5) is 13.8. The third-order valence-electron chi connectivity index (χ3n) is 4.16. The second-order valence-corrected chi connectivity index (χ2v) is 6.62. The lowest BCUT2D eigenvalue weighted by Gasteiger charge is -2.16. The molecule has 0 rings (SSSR count). The zero-order valence-corrected chi connectivity index (χ0v) is 15.5. The summed E-state index contributed by atoms with van der Waals surface area (Å²) in [6, 6.07) is 0. The number of carbonyl (C=O) groups is 1. The Morgan fingerprint density at radius 3 is 1.77 bits per heavy atom. The quantitative estimate of drug-likeness (QED) is 0.317. The van der Waals surface area contributed by atoms with E-state index in [4.69, 9.17) is 0 Å².